The zero-order valence-electron chi connectivity index (χ0n) is 13.9. The van der Waals surface area contributed by atoms with Gasteiger partial charge in [0, 0.05) is 13.0 Å². The smallest absolute Gasteiger partial charge is 0.313 e. The SMILES string of the molecule is O=C1CCC(NC(=O)C(=O)Nc2cc(F)ccc2Cl)C(C2CCCO2)N1. The minimum absolute atomic E-state index is 0.0134. The fourth-order valence-electron chi connectivity index (χ4n) is 3.23. The lowest BCUT2D eigenvalue weighted by Gasteiger charge is -2.35. The summed E-state index contributed by atoms with van der Waals surface area (Å²) in [5.74, 6) is -2.53. The molecule has 0 saturated carbocycles. The molecule has 3 rings (SSSR count). The van der Waals surface area contributed by atoms with E-state index in [1.807, 2.05) is 0 Å². The van der Waals surface area contributed by atoms with Crippen LogP contribution in [0.4, 0.5) is 10.1 Å². The van der Waals surface area contributed by atoms with Gasteiger partial charge in [-0.2, -0.15) is 0 Å². The lowest BCUT2D eigenvalue weighted by atomic mass is 9.92. The lowest BCUT2D eigenvalue weighted by Crippen LogP contribution is -2.61. The molecule has 140 valence electrons. The van der Waals surface area contributed by atoms with Crippen molar-refractivity contribution in [3.63, 3.8) is 0 Å². The van der Waals surface area contributed by atoms with E-state index in [9.17, 15) is 18.8 Å². The third kappa shape index (κ3) is 4.31. The van der Waals surface area contributed by atoms with E-state index in [1.54, 1.807) is 0 Å². The number of amides is 3. The Labute approximate surface area is 154 Å². The summed E-state index contributed by atoms with van der Waals surface area (Å²) in [6.07, 6.45) is 2.14. The predicted molar refractivity (Wildman–Crippen MR) is 92.1 cm³/mol. The second-order valence-electron chi connectivity index (χ2n) is 6.34. The van der Waals surface area contributed by atoms with Crippen molar-refractivity contribution in [2.75, 3.05) is 11.9 Å². The normalized spacial score (nSPS) is 25.5. The largest absolute Gasteiger partial charge is 0.376 e. The summed E-state index contributed by atoms with van der Waals surface area (Å²) >= 11 is 5.89. The van der Waals surface area contributed by atoms with Crippen LogP contribution in [-0.2, 0) is 19.1 Å². The number of hydrogen-bond acceptors (Lipinski definition) is 4. The Morgan fingerprint density at radius 2 is 2.08 bits per heavy atom. The first kappa shape index (κ1) is 18.6. The highest BCUT2D eigenvalue weighted by Gasteiger charge is 2.38. The molecule has 2 heterocycles. The molecule has 3 amide bonds. The van der Waals surface area contributed by atoms with Gasteiger partial charge in [0.15, 0.2) is 0 Å². The fraction of sp³-hybridized carbons (Fsp3) is 0.471. The van der Waals surface area contributed by atoms with E-state index in [4.69, 9.17) is 16.3 Å². The Bertz CT molecular complexity index is 724. The van der Waals surface area contributed by atoms with E-state index < -0.39 is 23.7 Å². The summed E-state index contributed by atoms with van der Waals surface area (Å²) in [5, 5.41) is 7.89. The predicted octanol–water partition coefficient (Wildman–Crippen LogP) is 1.36. The maximum Gasteiger partial charge on any atom is 0.313 e. The quantitative estimate of drug-likeness (QED) is 0.687. The third-order valence-electron chi connectivity index (χ3n) is 4.51. The van der Waals surface area contributed by atoms with Crippen molar-refractivity contribution in [3.8, 4) is 0 Å². The Morgan fingerprint density at radius 1 is 1.27 bits per heavy atom. The molecule has 2 aliphatic rings. The van der Waals surface area contributed by atoms with Gasteiger partial charge < -0.3 is 20.7 Å². The first-order valence-corrected chi connectivity index (χ1v) is 8.79. The first-order valence-electron chi connectivity index (χ1n) is 8.42. The number of nitrogens with one attached hydrogen (secondary N) is 3. The minimum Gasteiger partial charge on any atom is -0.376 e. The molecule has 1 aromatic rings. The Balaban J connectivity index is 1.64. The van der Waals surface area contributed by atoms with Crippen LogP contribution >= 0.6 is 11.6 Å². The fourth-order valence-corrected chi connectivity index (χ4v) is 3.40. The Kier molecular flexibility index (Phi) is 5.73. The van der Waals surface area contributed by atoms with Crippen LogP contribution in [0.1, 0.15) is 25.7 Å². The van der Waals surface area contributed by atoms with Gasteiger partial charge in [-0.15, -0.1) is 0 Å². The number of rotatable bonds is 3. The van der Waals surface area contributed by atoms with Gasteiger partial charge in [-0.25, -0.2) is 4.39 Å². The van der Waals surface area contributed by atoms with E-state index in [0.29, 0.717) is 13.0 Å². The molecule has 3 N–H and O–H groups in total. The molecule has 0 radical (unpaired) electrons. The number of ether oxygens (including phenoxy) is 1. The van der Waals surface area contributed by atoms with Crippen molar-refractivity contribution < 1.29 is 23.5 Å². The molecule has 3 unspecified atom stereocenters. The van der Waals surface area contributed by atoms with E-state index >= 15 is 0 Å². The zero-order chi connectivity index (χ0) is 18.7. The van der Waals surface area contributed by atoms with Crippen LogP contribution in [0.5, 0.6) is 0 Å². The van der Waals surface area contributed by atoms with Gasteiger partial charge in [-0.05, 0) is 37.5 Å². The van der Waals surface area contributed by atoms with E-state index in [0.717, 1.165) is 25.0 Å². The van der Waals surface area contributed by atoms with Crippen LogP contribution in [0.3, 0.4) is 0 Å². The van der Waals surface area contributed by atoms with Crippen molar-refractivity contribution in [3.05, 3.63) is 29.0 Å². The Morgan fingerprint density at radius 3 is 2.81 bits per heavy atom. The standard InChI is InChI=1S/C17H19ClFN3O4/c18-10-4-3-9(19)8-12(10)21-17(25)16(24)20-11-5-6-14(23)22-15(11)13-2-1-7-26-13/h3-4,8,11,13,15H,1-2,5-7H2,(H,20,24)(H,21,25)(H,22,23). The number of piperidine rings is 1. The second-order valence-corrected chi connectivity index (χ2v) is 6.75. The van der Waals surface area contributed by atoms with Gasteiger partial charge in [0.1, 0.15) is 5.82 Å². The molecule has 7 nitrogen and oxygen atoms in total. The molecule has 9 heteroatoms. The number of carbonyl (C=O) groups is 3. The number of benzene rings is 1. The van der Waals surface area contributed by atoms with Gasteiger partial charge in [0.25, 0.3) is 0 Å². The average molecular weight is 384 g/mol. The number of halogens is 2. The molecule has 2 fully saturated rings. The topological polar surface area (TPSA) is 96.5 Å². The van der Waals surface area contributed by atoms with Crippen LogP contribution in [0, 0.1) is 5.82 Å². The summed E-state index contributed by atoms with van der Waals surface area (Å²) in [6.45, 7) is 0.607. The van der Waals surface area contributed by atoms with Crippen LogP contribution in [0.15, 0.2) is 18.2 Å². The summed E-state index contributed by atoms with van der Waals surface area (Å²) in [6, 6.07) is 2.66. The second kappa shape index (κ2) is 8.01. The first-order chi connectivity index (χ1) is 12.4. The van der Waals surface area contributed by atoms with Gasteiger partial charge in [0.2, 0.25) is 5.91 Å². The van der Waals surface area contributed by atoms with Crippen LogP contribution in [0.25, 0.3) is 0 Å². The third-order valence-corrected chi connectivity index (χ3v) is 4.84. The van der Waals surface area contributed by atoms with E-state index in [2.05, 4.69) is 16.0 Å². The molecule has 0 bridgehead atoms. The average Bonchev–Trinajstić information content (AvgIpc) is 3.14. The van der Waals surface area contributed by atoms with Crippen LogP contribution in [-0.4, -0.2) is 42.5 Å². The molecule has 0 aromatic heterocycles. The molecule has 2 aliphatic heterocycles. The molecular weight excluding hydrogens is 365 g/mol. The Hall–Kier alpha value is -2.19. The highest BCUT2D eigenvalue weighted by Crippen LogP contribution is 2.24. The van der Waals surface area contributed by atoms with Crippen molar-refractivity contribution >= 4 is 35.0 Å². The van der Waals surface area contributed by atoms with Crippen molar-refractivity contribution in [2.24, 2.45) is 0 Å². The van der Waals surface area contributed by atoms with Crippen molar-refractivity contribution in [1.82, 2.24) is 10.6 Å². The van der Waals surface area contributed by atoms with E-state index in [-0.39, 0.29) is 35.2 Å². The molecule has 2 saturated heterocycles. The highest BCUT2D eigenvalue weighted by atomic mass is 35.5. The van der Waals surface area contributed by atoms with Gasteiger partial charge in [-0.3, -0.25) is 14.4 Å². The molecule has 0 spiro atoms. The van der Waals surface area contributed by atoms with Gasteiger partial charge in [0.05, 0.1) is 28.9 Å². The molecule has 1 aromatic carbocycles. The van der Waals surface area contributed by atoms with Crippen LogP contribution < -0.4 is 16.0 Å². The summed E-state index contributed by atoms with van der Waals surface area (Å²) < 4.78 is 18.9. The van der Waals surface area contributed by atoms with E-state index in [1.165, 1.54) is 6.07 Å². The van der Waals surface area contributed by atoms with Crippen molar-refractivity contribution in [2.45, 2.75) is 43.9 Å². The highest BCUT2D eigenvalue weighted by molar-refractivity contribution is 6.41. The number of carbonyl (C=O) groups excluding carboxylic acids is 3. The maximum atomic E-state index is 13.3. The molecule has 26 heavy (non-hydrogen) atoms. The minimum atomic E-state index is -0.958. The molecular formula is C17H19ClFN3O4. The summed E-state index contributed by atoms with van der Waals surface area (Å²) in [4.78, 5) is 36.1. The zero-order valence-corrected chi connectivity index (χ0v) is 14.6. The van der Waals surface area contributed by atoms with Gasteiger partial charge >= 0.3 is 11.8 Å². The number of hydrogen-bond donors (Lipinski definition) is 3. The monoisotopic (exact) mass is 383 g/mol. The molecule has 0 aliphatic carbocycles. The summed E-state index contributed by atoms with van der Waals surface area (Å²) in [7, 11) is 0. The van der Waals surface area contributed by atoms with Crippen molar-refractivity contribution in [1.29, 1.82) is 0 Å². The maximum absolute atomic E-state index is 13.3. The lowest BCUT2D eigenvalue weighted by molar-refractivity contribution is -0.137. The van der Waals surface area contributed by atoms with Crippen LogP contribution in [0.2, 0.25) is 5.02 Å². The number of anilines is 1. The van der Waals surface area contributed by atoms with Gasteiger partial charge in [-0.1, -0.05) is 11.6 Å². The molecule has 3 atom stereocenters. The summed E-state index contributed by atoms with van der Waals surface area (Å²) in [5.41, 5.74) is 0.0134.